The molecule has 0 bridgehead atoms. The second-order valence-corrected chi connectivity index (χ2v) is 5.74. The second kappa shape index (κ2) is 5.89. The molecule has 0 spiro atoms. The summed E-state index contributed by atoms with van der Waals surface area (Å²) >= 11 is 5.91. The number of carbonyl (C=O) groups is 1. The zero-order chi connectivity index (χ0) is 16.6. The molecular formula is C16H16ClN5O. The number of rotatable bonds is 3. The Morgan fingerprint density at radius 2 is 2.09 bits per heavy atom. The summed E-state index contributed by atoms with van der Waals surface area (Å²) in [4.78, 5) is 12.3. The predicted octanol–water partition coefficient (Wildman–Crippen LogP) is 3.33. The molecular weight excluding hydrogens is 314 g/mol. The summed E-state index contributed by atoms with van der Waals surface area (Å²) in [6, 6.07) is 8.71. The molecule has 0 saturated carbocycles. The summed E-state index contributed by atoms with van der Waals surface area (Å²) in [7, 11) is 1.88. The normalized spacial score (nSPS) is 10.8. The molecule has 2 N–H and O–H groups in total. The molecule has 23 heavy (non-hydrogen) atoms. The number of anilines is 1. The van der Waals surface area contributed by atoms with E-state index in [4.69, 9.17) is 11.6 Å². The molecule has 0 unspecified atom stereocenters. The number of halogens is 1. The quantitative estimate of drug-likeness (QED) is 0.773. The summed E-state index contributed by atoms with van der Waals surface area (Å²) in [5.74, 6) is -0.273. The van der Waals surface area contributed by atoms with Gasteiger partial charge >= 0.3 is 0 Å². The van der Waals surface area contributed by atoms with Crippen LogP contribution in [0.1, 0.15) is 21.9 Å². The number of hydrogen-bond donors (Lipinski definition) is 2. The van der Waals surface area contributed by atoms with E-state index in [-0.39, 0.29) is 5.91 Å². The molecule has 3 aromatic rings. The van der Waals surface area contributed by atoms with E-state index in [1.165, 1.54) is 0 Å². The third kappa shape index (κ3) is 2.98. The van der Waals surface area contributed by atoms with Gasteiger partial charge in [0.25, 0.3) is 5.91 Å². The van der Waals surface area contributed by atoms with Crippen molar-refractivity contribution in [2.45, 2.75) is 13.8 Å². The van der Waals surface area contributed by atoms with Crippen LogP contribution in [0.4, 0.5) is 5.69 Å². The van der Waals surface area contributed by atoms with Crippen LogP contribution in [0.15, 0.2) is 30.3 Å². The number of amides is 1. The van der Waals surface area contributed by atoms with Gasteiger partial charge in [-0.15, -0.1) is 0 Å². The Kier molecular flexibility index (Phi) is 3.92. The van der Waals surface area contributed by atoms with Gasteiger partial charge in [0, 0.05) is 29.0 Å². The summed E-state index contributed by atoms with van der Waals surface area (Å²) in [5, 5.41) is 14.7. The van der Waals surface area contributed by atoms with Crippen molar-refractivity contribution in [3.8, 4) is 11.3 Å². The number of benzene rings is 1. The maximum atomic E-state index is 12.3. The molecule has 2 heterocycles. The first kappa shape index (κ1) is 15.3. The summed E-state index contributed by atoms with van der Waals surface area (Å²) in [6.07, 6.45) is 0. The zero-order valence-electron chi connectivity index (χ0n) is 13.0. The van der Waals surface area contributed by atoms with Gasteiger partial charge in [-0.2, -0.15) is 10.2 Å². The Balaban J connectivity index is 1.85. The van der Waals surface area contributed by atoms with Crippen LogP contribution >= 0.6 is 11.6 Å². The van der Waals surface area contributed by atoms with Crippen molar-refractivity contribution < 1.29 is 4.79 Å². The molecule has 1 aromatic carbocycles. The van der Waals surface area contributed by atoms with Crippen molar-refractivity contribution in [2.24, 2.45) is 7.05 Å². The smallest absolute Gasteiger partial charge is 0.273 e. The standard InChI is InChI=1S/C16H16ClN5O/c1-9-15(10(2)22(3)21-9)13-8-14(20-19-13)16(23)18-12-6-4-5-11(17)7-12/h4-8H,1-3H3,(H,18,23)(H,19,20). The van der Waals surface area contributed by atoms with Gasteiger partial charge in [-0.1, -0.05) is 17.7 Å². The highest BCUT2D eigenvalue weighted by Crippen LogP contribution is 2.25. The van der Waals surface area contributed by atoms with Gasteiger partial charge in [0.1, 0.15) is 5.69 Å². The third-order valence-electron chi connectivity index (χ3n) is 3.67. The van der Waals surface area contributed by atoms with Crippen LogP contribution in [0.2, 0.25) is 5.02 Å². The Bertz CT molecular complexity index is 880. The van der Waals surface area contributed by atoms with E-state index in [1.54, 1.807) is 35.0 Å². The molecule has 0 aliphatic heterocycles. The summed E-state index contributed by atoms with van der Waals surface area (Å²) in [5.41, 5.74) is 4.51. The van der Waals surface area contributed by atoms with E-state index < -0.39 is 0 Å². The van der Waals surface area contributed by atoms with Gasteiger partial charge in [0.15, 0.2) is 0 Å². The SMILES string of the molecule is Cc1nn(C)c(C)c1-c1cc(C(=O)Nc2cccc(Cl)c2)[nH]n1. The molecule has 0 fully saturated rings. The Morgan fingerprint density at radius 1 is 1.30 bits per heavy atom. The summed E-state index contributed by atoms with van der Waals surface area (Å²) in [6.45, 7) is 3.89. The predicted molar refractivity (Wildman–Crippen MR) is 89.7 cm³/mol. The van der Waals surface area contributed by atoms with Crippen molar-refractivity contribution in [3.05, 3.63) is 52.4 Å². The van der Waals surface area contributed by atoms with Crippen LogP contribution in [-0.4, -0.2) is 25.9 Å². The van der Waals surface area contributed by atoms with Crippen molar-refractivity contribution >= 4 is 23.2 Å². The number of aromatic amines is 1. The first-order chi connectivity index (χ1) is 11.0. The molecule has 0 aliphatic carbocycles. The molecule has 2 aromatic heterocycles. The lowest BCUT2D eigenvalue weighted by Crippen LogP contribution is -2.12. The van der Waals surface area contributed by atoms with Gasteiger partial charge in [0.05, 0.1) is 11.4 Å². The fourth-order valence-electron chi connectivity index (χ4n) is 2.48. The minimum atomic E-state index is -0.273. The molecule has 6 nitrogen and oxygen atoms in total. The van der Waals surface area contributed by atoms with Gasteiger partial charge < -0.3 is 5.32 Å². The Labute approximate surface area is 138 Å². The topological polar surface area (TPSA) is 75.6 Å². The maximum Gasteiger partial charge on any atom is 0.273 e. The first-order valence-electron chi connectivity index (χ1n) is 7.08. The van der Waals surface area contributed by atoms with Crippen molar-refractivity contribution in [3.63, 3.8) is 0 Å². The third-order valence-corrected chi connectivity index (χ3v) is 3.91. The van der Waals surface area contributed by atoms with Gasteiger partial charge in [-0.3, -0.25) is 14.6 Å². The number of hydrogen-bond acceptors (Lipinski definition) is 3. The highest BCUT2D eigenvalue weighted by molar-refractivity contribution is 6.30. The molecule has 0 atom stereocenters. The molecule has 0 radical (unpaired) electrons. The van der Waals surface area contributed by atoms with Gasteiger partial charge in [0.2, 0.25) is 0 Å². The maximum absolute atomic E-state index is 12.3. The zero-order valence-corrected chi connectivity index (χ0v) is 13.8. The van der Waals surface area contributed by atoms with E-state index in [9.17, 15) is 4.79 Å². The van der Waals surface area contributed by atoms with E-state index in [2.05, 4.69) is 20.6 Å². The number of nitrogens with one attached hydrogen (secondary N) is 2. The van der Waals surface area contributed by atoms with Crippen LogP contribution in [0.25, 0.3) is 11.3 Å². The van der Waals surface area contributed by atoms with Crippen LogP contribution < -0.4 is 5.32 Å². The van der Waals surface area contributed by atoms with E-state index in [0.29, 0.717) is 22.1 Å². The molecule has 1 amide bonds. The van der Waals surface area contributed by atoms with Gasteiger partial charge in [-0.05, 0) is 38.1 Å². The van der Waals surface area contributed by atoms with Crippen LogP contribution in [-0.2, 0) is 7.05 Å². The number of H-pyrrole nitrogens is 1. The fourth-order valence-corrected chi connectivity index (χ4v) is 2.67. The largest absolute Gasteiger partial charge is 0.321 e. The highest BCUT2D eigenvalue weighted by atomic mass is 35.5. The monoisotopic (exact) mass is 329 g/mol. The lowest BCUT2D eigenvalue weighted by Gasteiger charge is -2.03. The van der Waals surface area contributed by atoms with E-state index in [1.807, 2.05) is 20.9 Å². The fraction of sp³-hybridized carbons (Fsp3) is 0.188. The molecule has 0 saturated heterocycles. The number of aromatic nitrogens is 4. The van der Waals surface area contributed by atoms with Gasteiger partial charge in [-0.25, -0.2) is 0 Å². The molecule has 3 rings (SSSR count). The summed E-state index contributed by atoms with van der Waals surface area (Å²) < 4.78 is 1.80. The highest BCUT2D eigenvalue weighted by Gasteiger charge is 2.17. The number of carbonyl (C=O) groups excluding carboxylic acids is 1. The average Bonchev–Trinajstić information content (AvgIpc) is 3.05. The van der Waals surface area contributed by atoms with E-state index >= 15 is 0 Å². The number of aryl methyl sites for hydroxylation is 2. The van der Waals surface area contributed by atoms with Crippen LogP contribution in [0.5, 0.6) is 0 Å². The van der Waals surface area contributed by atoms with Crippen molar-refractivity contribution in [1.82, 2.24) is 20.0 Å². The minimum absolute atomic E-state index is 0.273. The Hall–Kier alpha value is -2.60. The molecule has 118 valence electrons. The van der Waals surface area contributed by atoms with Crippen LogP contribution in [0.3, 0.4) is 0 Å². The van der Waals surface area contributed by atoms with E-state index in [0.717, 1.165) is 17.0 Å². The molecule has 7 heteroatoms. The molecule has 0 aliphatic rings. The second-order valence-electron chi connectivity index (χ2n) is 5.30. The van der Waals surface area contributed by atoms with Crippen molar-refractivity contribution in [1.29, 1.82) is 0 Å². The Morgan fingerprint density at radius 3 is 2.74 bits per heavy atom. The average molecular weight is 330 g/mol. The minimum Gasteiger partial charge on any atom is -0.321 e. The lowest BCUT2D eigenvalue weighted by atomic mass is 10.1. The van der Waals surface area contributed by atoms with Crippen molar-refractivity contribution in [2.75, 3.05) is 5.32 Å². The first-order valence-corrected chi connectivity index (χ1v) is 7.46. The lowest BCUT2D eigenvalue weighted by molar-refractivity contribution is 0.102. The van der Waals surface area contributed by atoms with Crippen LogP contribution in [0, 0.1) is 13.8 Å². The number of nitrogens with zero attached hydrogens (tertiary/aromatic N) is 3.